The van der Waals surface area contributed by atoms with E-state index in [0.29, 0.717) is 25.9 Å². The van der Waals surface area contributed by atoms with Crippen LogP contribution in [-0.2, 0) is 9.59 Å². The van der Waals surface area contributed by atoms with Gasteiger partial charge in [-0.3, -0.25) is 14.5 Å². The molecule has 0 aromatic carbocycles. The lowest BCUT2D eigenvalue weighted by Gasteiger charge is -2.47. The van der Waals surface area contributed by atoms with E-state index in [1.54, 1.807) is 4.90 Å². The summed E-state index contributed by atoms with van der Waals surface area (Å²) >= 11 is 0. The minimum Gasteiger partial charge on any atom is -0.368 e. The highest BCUT2D eigenvalue weighted by Crippen LogP contribution is 2.31. The van der Waals surface area contributed by atoms with Gasteiger partial charge in [0.25, 0.3) is 0 Å². The van der Waals surface area contributed by atoms with Gasteiger partial charge in [-0.15, -0.1) is 0 Å². The van der Waals surface area contributed by atoms with Crippen LogP contribution in [0.3, 0.4) is 0 Å². The van der Waals surface area contributed by atoms with E-state index in [1.807, 2.05) is 0 Å². The van der Waals surface area contributed by atoms with Gasteiger partial charge in [-0.05, 0) is 38.8 Å². The molecule has 96 valence electrons. The van der Waals surface area contributed by atoms with Gasteiger partial charge < -0.3 is 10.6 Å². The van der Waals surface area contributed by atoms with E-state index in [4.69, 9.17) is 5.73 Å². The standard InChI is InChI=1S/C12H21N3O2/c13-11(17)12(15-6-2-1-3-7-15)4-8-14(10-16)9-5-12/h10H,1-9H2,(H2,13,17). The number of nitrogens with zero attached hydrogens (tertiary/aromatic N) is 2. The monoisotopic (exact) mass is 239 g/mol. The Kier molecular flexibility index (Phi) is 3.66. The lowest BCUT2D eigenvalue weighted by Crippen LogP contribution is -2.63. The van der Waals surface area contributed by atoms with E-state index >= 15 is 0 Å². The van der Waals surface area contributed by atoms with Gasteiger partial charge in [0, 0.05) is 13.1 Å². The maximum absolute atomic E-state index is 11.8. The van der Waals surface area contributed by atoms with Crippen LogP contribution in [0.25, 0.3) is 0 Å². The van der Waals surface area contributed by atoms with Crippen molar-refractivity contribution in [3.8, 4) is 0 Å². The molecule has 2 rings (SSSR count). The zero-order valence-corrected chi connectivity index (χ0v) is 10.2. The molecule has 0 bridgehead atoms. The predicted octanol–water partition coefficient (Wildman–Crippen LogP) is -0.0514. The van der Waals surface area contributed by atoms with Crippen LogP contribution in [0.1, 0.15) is 32.1 Å². The normalized spacial score (nSPS) is 25.5. The van der Waals surface area contributed by atoms with Crippen molar-refractivity contribution in [2.24, 2.45) is 5.73 Å². The van der Waals surface area contributed by atoms with Crippen molar-refractivity contribution in [2.75, 3.05) is 26.2 Å². The number of amides is 2. The molecular weight excluding hydrogens is 218 g/mol. The summed E-state index contributed by atoms with van der Waals surface area (Å²) in [4.78, 5) is 26.5. The van der Waals surface area contributed by atoms with Crippen LogP contribution in [0.4, 0.5) is 0 Å². The van der Waals surface area contributed by atoms with E-state index in [0.717, 1.165) is 32.3 Å². The molecule has 5 nitrogen and oxygen atoms in total. The highest BCUT2D eigenvalue weighted by Gasteiger charge is 2.44. The third kappa shape index (κ3) is 2.29. The smallest absolute Gasteiger partial charge is 0.238 e. The summed E-state index contributed by atoms with van der Waals surface area (Å²) in [6, 6.07) is 0. The van der Waals surface area contributed by atoms with Crippen molar-refractivity contribution in [1.82, 2.24) is 9.80 Å². The Labute approximate surface area is 102 Å². The van der Waals surface area contributed by atoms with Gasteiger partial charge in [-0.2, -0.15) is 0 Å². The van der Waals surface area contributed by atoms with E-state index in [2.05, 4.69) is 4.90 Å². The minimum absolute atomic E-state index is 0.218. The van der Waals surface area contributed by atoms with Crippen LogP contribution in [-0.4, -0.2) is 53.8 Å². The van der Waals surface area contributed by atoms with Crippen molar-refractivity contribution in [3.05, 3.63) is 0 Å². The van der Waals surface area contributed by atoms with Crippen molar-refractivity contribution in [1.29, 1.82) is 0 Å². The lowest BCUT2D eigenvalue weighted by molar-refractivity contribution is -0.137. The average molecular weight is 239 g/mol. The summed E-state index contributed by atoms with van der Waals surface area (Å²) in [5.74, 6) is -0.218. The molecule has 2 heterocycles. The molecule has 17 heavy (non-hydrogen) atoms. The number of nitrogens with two attached hydrogens (primary N) is 1. The fourth-order valence-corrected chi connectivity index (χ4v) is 3.04. The Morgan fingerprint density at radius 2 is 1.65 bits per heavy atom. The van der Waals surface area contributed by atoms with Crippen LogP contribution in [0.2, 0.25) is 0 Å². The largest absolute Gasteiger partial charge is 0.368 e. The van der Waals surface area contributed by atoms with E-state index < -0.39 is 5.54 Å². The average Bonchev–Trinajstić information content (AvgIpc) is 2.39. The third-order valence-corrected chi connectivity index (χ3v) is 4.19. The summed E-state index contributed by atoms with van der Waals surface area (Å²) in [7, 11) is 0. The molecule has 5 heteroatoms. The van der Waals surface area contributed by atoms with Crippen LogP contribution < -0.4 is 5.73 Å². The van der Waals surface area contributed by atoms with Crippen LogP contribution in [0.5, 0.6) is 0 Å². The highest BCUT2D eigenvalue weighted by atomic mass is 16.2. The lowest BCUT2D eigenvalue weighted by atomic mass is 9.83. The predicted molar refractivity (Wildman–Crippen MR) is 64.2 cm³/mol. The van der Waals surface area contributed by atoms with Crippen LogP contribution in [0.15, 0.2) is 0 Å². The molecule has 2 amide bonds. The second-order valence-corrected chi connectivity index (χ2v) is 5.08. The number of carbonyl (C=O) groups excluding carboxylic acids is 2. The van der Waals surface area contributed by atoms with E-state index in [9.17, 15) is 9.59 Å². The maximum atomic E-state index is 11.8. The molecule has 0 radical (unpaired) electrons. The van der Waals surface area contributed by atoms with E-state index in [1.165, 1.54) is 6.42 Å². The molecule has 0 atom stereocenters. The van der Waals surface area contributed by atoms with Crippen molar-refractivity contribution in [3.63, 3.8) is 0 Å². The van der Waals surface area contributed by atoms with Gasteiger partial charge in [0.1, 0.15) is 5.54 Å². The molecule has 0 aromatic rings. The molecule has 0 saturated carbocycles. The summed E-state index contributed by atoms with van der Waals surface area (Å²) < 4.78 is 0. The van der Waals surface area contributed by atoms with Gasteiger partial charge in [0.05, 0.1) is 0 Å². The van der Waals surface area contributed by atoms with E-state index in [-0.39, 0.29) is 5.91 Å². The Morgan fingerprint density at radius 1 is 1.06 bits per heavy atom. The Balaban J connectivity index is 2.10. The molecule has 0 spiro atoms. The molecule has 2 N–H and O–H groups in total. The van der Waals surface area contributed by atoms with Crippen molar-refractivity contribution in [2.45, 2.75) is 37.6 Å². The number of hydrogen-bond donors (Lipinski definition) is 1. The second-order valence-electron chi connectivity index (χ2n) is 5.08. The van der Waals surface area contributed by atoms with Gasteiger partial charge in [-0.1, -0.05) is 6.42 Å². The first kappa shape index (κ1) is 12.4. The maximum Gasteiger partial charge on any atom is 0.238 e. The minimum atomic E-state index is -0.500. The molecule has 2 saturated heterocycles. The molecule has 0 aromatic heterocycles. The summed E-state index contributed by atoms with van der Waals surface area (Å²) in [5.41, 5.74) is 5.13. The molecule has 2 fully saturated rings. The molecule has 0 aliphatic carbocycles. The zero-order valence-electron chi connectivity index (χ0n) is 10.2. The zero-order chi connectivity index (χ0) is 12.3. The van der Waals surface area contributed by atoms with Gasteiger partial charge in [0.15, 0.2) is 0 Å². The summed E-state index contributed by atoms with van der Waals surface area (Å²) in [6.45, 7) is 3.21. The first-order valence-electron chi connectivity index (χ1n) is 6.43. The fraction of sp³-hybridized carbons (Fsp3) is 0.833. The SMILES string of the molecule is NC(=O)C1(N2CCCCC2)CCN(C=O)CC1. The topological polar surface area (TPSA) is 66.6 Å². The Hall–Kier alpha value is -1.10. The van der Waals surface area contributed by atoms with Gasteiger partial charge >= 0.3 is 0 Å². The molecule has 0 unspecified atom stereocenters. The number of carbonyl (C=O) groups is 2. The van der Waals surface area contributed by atoms with Gasteiger partial charge in [-0.25, -0.2) is 0 Å². The number of likely N-dealkylation sites (tertiary alicyclic amines) is 2. The highest BCUT2D eigenvalue weighted by molar-refractivity contribution is 5.85. The van der Waals surface area contributed by atoms with Crippen LogP contribution >= 0.6 is 0 Å². The summed E-state index contributed by atoms with van der Waals surface area (Å²) in [5, 5.41) is 0. The Morgan fingerprint density at radius 3 is 2.12 bits per heavy atom. The van der Waals surface area contributed by atoms with Crippen molar-refractivity contribution >= 4 is 12.3 Å². The van der Waals surface area contributed by atoms with Crippen molar-refractivity contribution < 1.29 is 9.59 Å². The molecule has 2 aliphatic rings. The number of hydrogen-bond acceptors (Lipinski definition) is 3. The first-order chi connectivity index (χ1) is 8.19. The van der Waals surface area contributed by atoms with Crippen LogP contribution in [0, 0.1) is 0 Å². The fourth-order valence-electron chi connectivity index (χ4n) is 3.04. The number of piperidine rings is 2. The Bertz CT molecular complexity index is 292. The molecular formula is C12H21N3O2. The quantitative estimate of drug-likeness (QED) is 0.702. The first-order valence-corrected chi connectivity index (χ1v) is 6.43. The molecule has 2 aliphatic heterocycles. The number of rotatable bonds is 3. The summed E-state index contributed by atoms with van der Waals surface area (Å²) in [6.07, 6.45) is 5.76. The third-order valence-electron chi connectivity index (χ3n) is 4.19. The van der Waals surface area contributed by atoms with Gasteiger partial charge in [0.2, 0.25) is 12.3 Å². The number of primary amides is 1. The second kappa shape index (κ2) is 5.04.